The van der Waals surface area contributed by atoms with E-state index in [0.717, 1.165) is 42.7 Å². The lowest BCUT2D eigenvalue weighted by Gasteiger charge is -2.37. The Morgan fingerprint density at radius 1 is 1.39 bits per heavy atom. The van der Waals surface area contributed by atoms with Crippen molar-refractivity contribution in [3.8, 4) is 0 Å². The lowest BCUT2D eigenvalue weighted by molar-refractivity contribution is -0.135. The lowest BCUT2D eigenvalue weighted by atomic mass is 9.99. The number of aromatic nitrogens is 1. The van der Waals surface area contributed by atoms with Crippen LogP contribution >= 0.6 is 0 Å². The predicted molar refractivity (Wildman–Crippen MR) is 95.8 cm³/mol. The van der Waals surface area contributed by atoms with Gasteiger partial charge in [-0.1, -0.05) is 6.92 Å². The molecule has 0 bridgehead atoms. The highest BCUT2D eigenvalue weighted by atomic mass is 16.2. The number of nitrogens with one attached hydrogen (secondary N) is 2. The molecule has 23 heavy (non-hydrogen) atoms. The van der Waals surface area contributed by atoms with Crippen LogP contribution in [0.3, 0.4) is 0 Å². The van der Waals surface area contributed by atoms with Crippen molar-refractivity contribution in [1.29, 1.82) is 0 Å². The number of nitrogens with zero attached hydrogens (tertiary/aromatic N) is 1. The van der Waals surface area contributed by atoms with Gasteiger partial charge in [0.2, 0.25) is 5.91 Å². The van der Waals surface area contributed by atoms with Gasteiger partial charge in [0.05, 0.1) is 0 Å². The van der Waals surface area contributed by atoms with Crippen LogP contribution in [0.5, 0.6) is 0 Å². The van der Waals surface area contributed by atoms with Crippen LogP contribution in [0.25, 0.3) is 10.9 Å². The molecule has 1 amide bonds. The second kappa shape index (κ2) is 6.65. The summed E-state index contributed by atoms with van der Waals surface area (Å²) in [7, 11) is 0. The molecule has 2 aromatic rings. The van der Waals surface area contributed by atoms with E-state index in [-0.39, 0.29) is 11.9 Å². The summed E-state index contributed by atoms with van der Waals surface area (Å²) in [5.74, 6) is 0.224. The maximum Gasteiger partial charge on any atom is 0.245 e. The van der Waals surface area contributed by atoms with E-state index in [9.17, 15) is 4.79 Å². The number of anilines is 1. The molecular weight excluding hydrogens is 286 g/mol. The zero-order valence-corrected chi connectivity index (χ0v) is 14.4. The van der Waals surface area contributed by atoms with Gasteiger partial charge < -0.3 is 15.2 Å². The van der Waals surface area contributed by atoms with Gasteiger partial charge in [-0.3, -0.25) is 4.79 Å². The highest BCUT2D eigenvalue weighted by Crippen LogP contribution is 2.23. The Balaban J connectivity index is 1.71. The smallest absolute Gasteiger partial charge is 0.245 e. The quantitative estimate of drug-likeness (QED) is 0.894. The maximum atomic E-state index is 12.8. The Kier molecular flexibility index (Phi) is 4.60. The number of fused-ring (bicyclic) bond motifs is 1. The first-order chi connectivity index (χ1) is 11.1. The van der Waals surface area contributed by atoms with Crippen LogP contribution in [0, 0.1) is 6.92 Å². The Morgan fingerprint density at radius 3 is 3.00 bits per heavy atom. The molecule has 3 rings (SSSR count). The molecule has 1 aromatic heterocycles. The Morgan fingerprint density at radius 2 is 2.22 bits per heavy atom. The summed E-state index contributed by atoms with van der Waals surface area (Å²) in [4.78, 5) is 18.2. The largest absolute Gasteiger partial charge is 0.374 e. The molecule has 1 fully saturated rings. The van der Waals surface area contributed by atoms with E-state index in [0.29, 0.717) is 6.04 Å². The molecule has 0 radical (unpaired) electrons. The van der Waals surface area contributed by atoms with Crippen molar-refractivity contribution in [1.82, 2.24) is 9.88 Å². The number of likely N-dealkylation sites (tertiary alicyclic amines) is 1. The van der Waals surface area contributed by atoms with Crippen molar-refractivity contribution in [3.63, 3.8) is 0 Å². The normalized spacial score (nSPS) is 19.8. The summed E-state index contributed by atoms with van der Waals surface area (Å²) < 4.78 is 0. The summed E-state index contributed by atoms with van der Waals surface area (Å²) in [5.41, 5.74) is 3.29. The summed E-state index contributed by atoms with van der Waals surface area (Å²) in [6.45, 7) is 7.10. The average Bonchev–Trinajstić information content (AvgIpc) is 2.93. The summed E-state index contributed by atoms with van der Waals surface area (Å²) in [5, 5.41) is 4.56. The molecular formula is C19H27N3O. The van der Waals surface area contributed by atoms with E-state index in [1.165, 1.54) is 11.8 Å². The zero-order valence-electron chi connectivity index (χ0n) is 14.4. The van der Waals surface area contributed by atoms with Crippen molar-refractivity contribution >= 4 is 22.5 Å². The van der Waals surface area contributed by atoms with Gasteiger partial charge in [-0.15, -0.1) is 0 Å². The fourth-order valence-electron chi connectivity index (χ4n) is 3.64. The fourth-order valence-corrected chi connectivity index (χ4v) is 3.64. The molecule has 0 saturated carbocycles. The molecule has 1 aliphatic rings. The van der Waals surface area contributed by atoms with Crippen molar-refractivity contribution in [3.05, 3.63) is 30.0 Å². The zero-order chi connectivity index (χ0) is 16.4. The molecule has 0 aliphatic carbocycles. The van der Waals surface area contributed by atoms with E-state index in [1.54, 1.807) is 0 Å². The number of aromatic amines is 1. The highest BCUT2D eigenvalue weighted by Gasteiger charge is 2.28. The van der Waals surface area contributed by atoms with Crippen LogP contribution in [-0.2, 0) is 4.79 Å². The van der Waals surface area contributed by atoms with Gasteiger partial charge >= 0.3 is 0 Å². The van der Waals surface area contributed by atoms with Crippen LogP contribution in [-0.4, -0.2) is 34.4 Å². The number of carbonyl (C=O) groups is 1. The molecule has 1 aliphatic heterocycles. The van der Waals surface area contributed by atoms with Crippen LogP contribution in [0.1, 0.15) is 45.2 Å². The summed E-state index contributed by atoms with van der Waals surface area (Å²) in [6, 6.07) is 8.56. The number of rotatable bonds is 4. The molecule has 1 aromatic carbocycles. The highest BCUT2D eigenvalue weighted by molar-refractivity contribution is 5.87. The fraction of sp³-hybridized carbons (Fsp3) is 0.526. The van der Waals surface area contributed by atoms with Gasteiger partial charge in [0.1, 0.15) is 6.04 Å². The third-order valence-corrected chi connectivity index (χ3v) is 4.89. The second-order valence-electron chi connectivity index (χ2n) is 6.71. The number of hydrogen-bond acceptors (Lipinski definition) is 2. The Labute approximate surface area is 138 Å². The van der Waals surface area contributed by atoms with Crippen LogP contribution in [0.15, 0.2) is 24.3 Å². The van der Waals surface area contributed by atoms with Gasteiger partial charge in [-0.2, -0.15) is 0 Å². The topological polar surface area (TPSA) is 48.1 Å². The Bertz CT molecular complexity index is 691. The average molecular weight is 313 g/mol. The Hall–Kier alpha value is -1.97. The monoisotopic (exact) mass is 313 g/mol. The first-order valence-corrected chi connectivity index (χ1v) is 8.75. The maximum absolute atomic E-state index is 12.8. The molecule has 4 heteroatoms. The number of hydrogen-bond donors (Lipinski definition) is 2. The number of piperidine rings is 1. The third kappa shape index (κ3) is 3.36. The van der Waals surface area contributed by atoms with Crippen molar-refractivity contribution in [2.75, 3.05) is 11.9 Å². The molecule has 1 saturated heterocycles. The molecule has 0 unspecified atom stereocenters. The molecule has 4 nitrogen and oxygen atoms in total. The van der Waals surface area contributed by atoms with Crippen LogP contribution < -0.4 is 5.32 Å². The van der Waals surface area contributed by atoms with Gasteiger partial charge in [0.15, 0.2) is 0 Å². The first kappa shape index (κ1) is 15.9. The van der Waals surface area contributed by atoms with Crippen molar-refractivity contribution in [2.24, 2.45) is 0 Å². The molecule has 2 heterocycles. The van der Waals surface area contributed by atoms with E-state index in [1.807, 2.05) is 13.0 Å². The number of benzene rings is 1. The molecule has 2 atom stereocenters. The SMILES string of the molecule is CC[C@@H]1CCCCN1C(=O)[C@H](C)Nc1ccc2[nH]c(C)cc2c1. The van der Waals surface area contributed by atoms with Gasteiger partial charge in [-0.25, -0.2) is 0 Å². The van der Waals surface area contributed by atoms with E-state index in [4.69, 9.17) is 0 Å². The predicted octanol–water partition coefficient (Wildman–Crippen LogP) is 4.07. The number of H-pyrrole nitrogens is 1. The number of amides is 1. The minimum Gasteiger partial charge on any atom is -0.374 e. The van der Waals surface area contributed by atoms with Crippen LogP contribution in [0.4, 0.5) is 5.69 Å². The van der Waals surface area contributed by atoms with Gasteiger partial charge in [0.25, 0.3) is 0 Å². The minimum absolute atomic E-state index is 0.195. The first-order valence-electron chi connectivity index (χ1n) is 8.75. The molecule has 124 valence electrons. The standard InChI is InChI=1S/C19H27N3O/c1-4-17-7-5-6-10-22(17)19(23)14(3)21-16-8-9-18-15(12-16)11-13(2)20-18/h8-9,11-12,14,17,20-21H,4-7,10H2,1-3H3/t14-,17+/m0/s1. The minimum atomic E-state index is -0.195. The number of carbonyl (C=O) groups excluding carboxylic acids is 1. The van der Waals surface area contributed by atoms with E-state index >= 15 is 0 Å². The summed E-state index contributed by atoms with van der Waals surface area (Å²) >= 11 is 0. The molecule has 0 spiro atoms. The lowest BCUT2D eigenvalue weighted by Crippen LogP contribution is -2.49. The van der Waals surface area contributed by atoms with Crippen molar-refractivity contribution in [2.45, 2.75) is 58.5 Å². The van der Waals surface area contributed by atoms with E-state index < -0.39 is 0 Å². The second-order valence-corrected chi connectivity index (χ2v) is 6.71. The third-order valence-electron chi connectivity index (χ3n) is 4.89. The van der Waals surface area contributed by atoms with Gasteiger partial charge in [-0.05, 0) is 63.8 Å². The van der Waals surface area contributed by atoms with Crippen LogP contribution in [0.2, 0.25) is 0 Å². The van der Waals surface area contributed by atoms with Gasteiger partial charge in [0, 0.05) is 34.9 Å². The summed E-state index contributed by atoms with van der Waals surface area (Å²) in [6.07, 6.45) is 4.56. The molecule has 2 N–H and O–H groups in total. The van der Waals surface area contributed by atoms with E-state index in [2.05, 4.69) is 47.2 Å². The van der Waals surface area contributed by atoms with Crippen molar-refractivity contribution < 1.29 is 4.79 Å². The number of aryl methyl sites for hydroxylation is 1.